The first-order valence-electron chi connectivity index (χ1n) is 6.04. The quantitative estimate of drug-likeness (QED) is 0.874. The molecule has 0 spiro atoms. The molecule has 0 aromatic heterocycles. The summed E-state index contributed by atoms with van der Waals surface area (Å²) in [6.45, 7) is 0.486. The molecule has 18 heavy (non-hydrogen) atoms. The third-order valence-corrected chi connectivity index (χ3v) is 3.33. The summed E-state index contributed by atoms with van der Waals surface area (Å²) in [5.41, 5.74) is 0.161. The highest BCUT2D eigenvalue weighted by atomic mass is 19.4. The van der Waals surface area contributed by atoms with Crippen molar-refractivity contribution in [3.05, 3.63) is 35.4 Å². The lowest BCUT2D eigenvalue weighted by Crippen LogP contribution is -2.35. The zero-order chi connectivity index (χ0) is 13.2. The smallest absolute Gasteiger partial charge is 0.392 e. The van der Waals surface area contributed by atoms with E-state index in [4.69, 9.17) is 0 Å². The van der Waals surface area contributed by atoms with Crippen LogP contribution < -0.4 is 5.32 Å². The average Bonchev–Trinajstić information content (AvgIpc) is 2.72. The van der Waals surface area contributed by atoms with Gasteiger partial charge in [0.05, 0.1) is 11.7 Å². The maximum absolute atomic E-state index is 12.4. The van der Waals surface area contributed by atoms with Gasteiger partial charge < -0.3 is 10.4 Å². The average molecular weight is 259 g/mol. The van der Waals surface area contributed by atoms with Gasteiger partial charge in [0.1, 0.15) is 0 Å². The lowest BCUT2D eigenvalue weighted by Gasteiger charge is -2.16. The van der Waals surface area contributed by atoms with Crippen molar-refractivity contribution in [2.24, 2.45) is 0 Å². The molecule has 0 radical (unpaired) electrons. The highest BCUT2D eigenvalue weighted by Gasteiger charge is 2.30. The van der Waals surface area contributed by atoms with Crippen molar-refractivity contribution in [2.45, 2.75) is 44.1 Å². The van der Waals surface area contributed by atoms with Gasteiger partial charge in [-0.05, 0) is 37.0 Å². The van der Waals surface area contributed by atoms with Gasteiger partial charge in [0.15, 0.2) is 0 Å². The molecule has 1 aromatic rings. The van der Waals surface area contributed by atoms with E-state index in [0.717, 1.165) is 37.0 Å². The highest BCUT2D eigenvalue weighted by Crippen LogP contribution is 2.29. The Morgan fingerprint density at radius 1 is 1.17 bits per heavy atom. The Balaban J connectivity index is 1.90. The number of rotatable bonds is 3. The predicted molar refractivity (Wildman–Crippen MR) is 61.9 cm³/mol. The minimum absolute atomic E-state index is 0.0623. The van der Waals surface area contributed by atoms with Crippen molar-refractivity contribution < 1.29 is 18.3 Å². The summed E-state index contributed by atoms with van der Waals surface area (Å²) in [6, 6.07) is 5.17. The van der Waals surface area contributed by atoms with E-state index in [9.17, 15) is 18.3 Å². The van der Waals surface area contributed by atoms with E-state index < -0.39 is 11.7 Å². The van der Waals surface area contributed by atoms with Gasteiger partial charge in [-0.1, -0.05) is 12.1 Å². The summed E-state index contributed by atoms with van der Waals surface area (Å²) >= 11 is 0. The predicted octanol–water partition coefficient (Wildman–Crippen LogP) is 2.71. The number of alkyl halides is 3. The minimum Gasteiger partial charge on any atom is -0.392 e. The number of nitrogens with one attached hydrogen (secondary N) is 1. The number of aliphatic hydroxyl groups is 1. The van der Waals surface area contributed by atoms with Crippen LogP contribution in [0.25, 0.3) is 0 Å². The second-order valence-electron chi connectivity index (χ2n) is 4.68. The van der Waals surface area contributed by atoms with E-state index in [1.54, 1.807) is 0 Å². The fourth-order valence-corrected chi connectivity index (χ4v) is 2.24. The van der Waals surface area contributed by atoms with Crippen LogP contribution in [-0.4, -0.2) is 17.3 Å². The highest BCUT2D eigenvalue weighted by molar-refractivity contribution is 5.24. The molecule has 5 heteroatoms. The van der Waals surface area contributed by atoms with E-state index in [-0.39, 0.29) is 12.1 Å². The van der Waals surface area contributed by atoms with Gasteiger partial charge >= 0.3 is 6.18 Å². The zero-order valence-electron chi connectivity index (χ0n) is 9.87. The Labute approximate surface area is 104 Å². The second kappa shape index (κ2) is 5.28. The van der Waals surface area contributed by atoms with Crippen LogP contribution >= 0.6 is 0 Å². The molecule has 1 aliphatic rings. The summed E-state index contributed by atoms with van der Waals surface area (Å²) in [7, 11) is 0. The first kappa shape index (κ1) is 13.4. The van der Waals surface area contributed by atoms with Crippen LogP contribution in [0.15, 0.2) is 24.3 Å². The van der Waals surface area contributed by atoms with Crippen molar-refractivity contribution in [1.82, 2.24) is 5.32 Å². The number of aliphatic hydroxyl groups excluding tert-OH is 1. The molecule has 0 amide bonds. The van der Waals surface area contributed by atoms with Gasteiger partial charge in [0.25, 0.3) is 0 Å². The first-order valence-corrected chi connectivity index (χ1v) is 6.04. The van der Waals surface area contributed by atoms with Gasteiger partial charge in [-0.2, -0.15) is 13.2 Å². The molecule has 0 saturated heterocycles. The van der Waals surface area contributed by atoms with Crippen molar-refractivity contribution in [3.63, 3.8) is 0 Å². The van der Waals surface area contributed by atoms with Crippen LogP contribution in [0, 0.1) is 0 Å². The van der Waals surface area contributed by atoms with Crippen LogP contribution in [-0.2, 0) is 12.7 Å². The van der Waals surface area contributed by atoms with Gasteiger partial charge in [-0.3, -0.25) is 0 Å². The van der Waals surface area contributed by atoms with Gasteiger partial charge in [-0.15, -0.1) is 0 Å². The minimum atomic E-state index is -4.28. The Morgan fingerprint density at radius 3 is 2.33 bits per heavy atom. The Hall–Kier alpha value is -1.07. The van der Waals surface area contributed by atoms with Gasteiger partial charge in [0.2, 0.25) is 0 Å². The molecule has 2 N–H and O–H groups in total. The SMILES string of the molecule is O[C@H]1CCC[C@@H]1NCc1ccc(C(F)(F)F)cc1. The molecule has 2 atom stereocenters. The summed E-state index contributed by atoms with van der Waals surface area (Å²) in [5.74, 6) is 0. The van der Waals surface area contributed by atoms with E-state index in [0.29, 0.717) is 6.54 Å². The molecule has 0 unspecified atom stereocenters. The van der Waals surface area contributed by atoms with Crippen molar-refractivity contribution in [2.75, 3.05) is 0 Å². The molecular weight excluding hydrogens is 243 g/mol. The molecule has 100 valence electrons. The molecule has 0 aliphatic heterocycles. The Kier molecular flexibility index (Phi) is 3.92. The third kappa shape index (κ3) is 3.23. The number of hydrogen-bond donors (Lipinski definition) is 2. The normalized spacial score (nSPS) is 24.4. The maximum Gasteiger partial charge on any atom is 0.416 e. The molecule has 2 nitrogen and oxygen atoms in total. The number of halogens is 3. The molecule has 1 fully saturated rings. The van der Waals surface area contributed by atoms with Crippen molar-refractivity contribution in [3.8, 4) is 0 Å². The van der Waals surface area contributed by atoms with Crippen LogP contribution in [0.4, 0.5) is 13.2 Å². The molecular formula is C13H16F3NO. The first-order chi connectivity index (χ1) is 8.47. The molecule has 2 rings (SSSR count). The summed E-state index contributed by atoms with van der Waals surface area (Å²) < 4.78 is 37.1. The lowest BCUT2D eigenvalue weighted by molar-refractivity contribution is -0.137. The van der Waals surface area contributed by atoms with Crippen LogP contribution in [0.3, 0.4) is 0 Å². The molecule has 1 saturated carbocycles. The number of benzene rings is 1. The molecule has 0 bridgehead atoms. The van der Waals surface area contributed by atoms with Crippen LogP contribution in [0.1, 0.15) is 30.4 Å². The molecule has 1 aliphatic carbocycles. The monoisotopic (exact) mass is 259 g/mol. The van der Waals surface area contributed by atoms with E-state index in [1.165, 1.54) is 12.1 Å². The van der Waals surface area contributed by atoms with E-state index in [2.05, 4.69) is 5.32 Å². The molecule has 1 aromatic carbocycles. The molecule has 0 heterocycles. The maximum atomic E-state index is 12.4. The Bertz CT molecular complexity index is 388. The van der Waals surface area contributed by atoms with E-state index >= 15 is 0 Å². The largest absolute Gasteiger partial charge is 0.416 e. The topological polar surface area (TPSA) is 32.3 Å². The summed E-state index contributed by atoms with van der Waals surface area (Å²) in [5, 5.41) is 12.8. The number of hydrogen-bond acceptors (Lipinski definition) is 2. The fourth-order valence-electron chi connectivity index (χ4n) is 2.24. The fraction of sp³-hybridized carbons (Fsp3) is 0.538. The lowest BCUT2D eigenvalue weighted by atomic mass is 10.1. The Morgan fingerprint density at radius 2 is 1.83 bits per heavy atom. The standard InChI is InChI=1S/C13H16F3NO/c14-13(15,16)10-6-4-9(5-7-10)8-17-11-2-1-3-12(11)18/h4-7,11-12,17-18H,1-3,8H2/t11-,12-/m0/s1. The van der Waals surface area contributed by atoms with Crippen molar-refractivity contribution in [1.29, 1.82) is 0 Å². The summed E-state index contributed by atoms with van der Waals surface area (Å²) in [6.07, 6.45) is -1.91. The van der Waals surface area contributed by atoms with Crippen LogP contribution in [0.2, 0.25) is 0 Å². The summed E-state index contributed by atoms with van der Waals surface area (Å²) in [4.78, 5) is 0. The van der Waals surface area contributed by atoms with Gasteiger partial charge in [-0.25, -0.2) is 0 Å². The second-order valence-corrected chi connectivity index (χ2v) is 4.68. The zero-order valence-corrected chi connectivity index (χ0v) is 9.87. The van der Waals surface area contributed by atoms with Crippen molar-refractivity contribution >= 4 is 0 Å². The van der Waals surface area contributed by atoms with E-state index in [1.807, 2.05) is 0 Å². The third-order valence-electron chi connectivity index (χ3n) is 3.33. The van der Waals surface area contributed by atoms with Crippen LogP contribution in [0.5, 0.6) is 0 Å². The van der Waals surface area contributed by atoms with Gasteiger partial charge in [0, 0.05) is 12.6 Å².